The van der Waals surface area contributed by atoms with Crippen molar-refractivity contribution in [2.24, 2.45) is 0 Å². The molecule has 108 valence electrons. The summed E-state index contributed by atoms with van der Waals surface area (Å²) < 4.78 is 6.65. The third kappa shape index (κ3) is 4.74. The van der Waals surface area contributed by atoms with Crippen LogP contribution in [-0.2, 0) is 13.2 Å². The van der Waals surface area contributed by atoms with Crippen LogP contribution in [0.1, 0.15) is 24.0 Å². The third-order valence-corrected chi connectivity index (χ3v) is 4.27. The normalized spacial score (nSPS) is 10.8. The number of hydrogen-bond acceptors (Lipinski definition) is 4. The zero-order valence-corrected chi connectivity index (χ0v) is 14.3. The van der Waals surface area contributed by atoms with Gasteiger partial charge < -0.3 is 10.1 Å². The number of halogens is 2. The van der Waals surface area contributed by atoms with E-state index in [1.165, 1.54) is 0 Å². The Hall–Kier alpha value is -0.620. The number of hydrogen-bond donors (Lipinski definition) is 1. The number of benzene rings is 1. The van der Waals surface area contributed by atoms with Crippen molar-refractivity contribution >= 4 is 38.9 Å². The molecule has 1 aromatic heterocycles. The maximum Gasteiger partial charge on any atom is 0.139 e. The second kappa shape index (κ2) is 7.98. The van der Waals surface area contributed by atoms with Crippen LogP contribution >= 0.6 is 38.9 Å². The van der Waals surface area contributed by atoms with Crippen molar-refractivity contribution in [3.05, 3.63) is 43.8 Å². The lowest BCUT2D eigenvalue weighted by atomic mass is 10.3. The third-order valence-electron chi connectivity index (χ3n) is 2.57. The fourth-order valence-electron chi connectivity index (χ4n) is 1.61. The van der Waals surface area contributed by atoms with Crippen molar-refractivity contribution in [2.45, 2.75) is 26.5 Å². The molecule has 0 atom stereocenters. The van der Waals surface area contributed by atoms with Crippen molar-refractivity contribution in [1.82, 2.24) is 10.3 Å². The van der Waals surface area contributed by atoms with E-state index in [1.807, 2.05) is 23.6 Å². The Balaban J connectivity index is 1.89. The number of ether oxygens (including phenoxy) is 1. The summed E-state index contributed by atoms with van der Waals surface area (Å²) in [6.07, 6.45) is 1.13. The highest BCUT2D eigenvalue weighted by atomic mass is 79.9. The molecule has 6 heteroatoms. The van der Waals surface area contributed by atoms with Crippen LogP contribution in [0.4, 0.5) is 0 Å². The summed E-state index contributed by atoms with van der Waals surface area (Å²) in [6.45, 7) is 4.41. The van der Waals surface area contributed by atoms with Gasteiger partial charge in [-0.15, -0.1) is 11.3 Å². The maximum absolute atomic E-state index is 6.08. The molecular formula is C14H16BrClN2OS. The zero-order valence-electron chi connectivity index (χ0n) is 11.2. The Morgan fingerprint density at radius 2 is 2.30 bits per heavy atom. The van der Waals surface area contributed by atoms with E-state index in [1.54, 1.807) is 11.3 Å². The van der Waals surface area contributed by atoms with Crippen molar-refractivity contribution in [3.8, 4) is 5.75 Å². The van der Waals surface area contributed by atoms with E-state index in [4.69, 9.17) is 16.3 Å². The monoisotopic (exact) mass is 374 g/mol. The summed E-state index contributed by atoms with van der Waals surface area (Å²) in [4.78, 5) is 4.53. The quantitative estimate of drug-likeness (QED) is 0.716. The summed E-state index contributed by atoms with van der Waals surface area (Å²) in [6, 6.07) is 5.55. The van der Waals surface area contributed by atoms with Crippen LogP contribution in [0, 0.1) is 0 Å². The summed E-state index contributed by atoms with van der Waals surface area (Å²) in [5.41, 5.74) is 0.930. The van der Waals surface area contributed by atoms with E-state index >= 15 is 0 Å². The van der Waals surface area contributed by atoms with Crippen molar-refractivity contribution in [3.63, 3.8) is 0 Å². The largest absolute Gasteiger partial charge is 0.486 e. The standard InChI is InChI=1S/C14H16BrClN2OS/c1-2-5-17-7-14-18-11(9-20-14)8-19-13-6-10(15)3-4-12(13)16/h3-4,6,9,17H,2,5,7-8H2,1H3. The van der Waals surface area contributed by atoms with E-state index in [9.17, 15) is 0 Å². The predicted octanol–water partition coefficient (Wildman–Crippen LogP) is 4.64. The number of nitrogens with one attached hydrogen (secondary N) is 1. The number of aromatic nitrogens is 1. The second-order valence-corrected chi connectivity index (χ2v) is 6.54. The van der Waals surface area contributed by atoms with Crippen molar-refractivity contribution < 1.29 is 4.74 Å². The van der Waals surface area contributed by atoms with Crippen LogP contribution in [-0.4, -0.2) is 11.5 Å². The molecule has 1 N–H and O–H groups in total. The minimum absolute atomic E-state index is 0.431. The van der Waals surface area contributed by atoms with Gasteiger partial charge >= 0.3 is 0 Å². The van der Waals surface area contributed by atoms with Gasteiger partial charge in [0.15, 0.2) is 0 Å². The molecule has 0 unspecified atom stereocenters. The highest BCUT2D eigenvalue weighted by Crippen LogP contribution is 2.28. The van der Waals surface area contributed by atoms with Gasteiger partial charge in [0.05, 0.1) is 10.7 Å². The molecule has 0 aliphatic heterocycles. The van der Waals surface area contributed by atoms with Gasteiger partial charge in [-0.3, -0.25) is 0 Å². The van der Waals surface area contributed by atoms with E-state index in [-0.39, 0.29) is 0 Å². The fourth-order valence-corrected chi connectivity index (χ4v) is 2.87. The van der Waals surface area contributed by atoms with Gasteiger partial charge in [-0.25, -0.2) is 4.98 Å². The van der Waals surface area contributed by atoms with Gasteiger partial charge in [0.2, 0.25) is 0 Å². The molecular weight excluding hydrogens is 360 g/mol. The molecule has 0 saturated carbocycles. The molecule has 0 spiro atoms. The second-order valence-electron chi connectivity index (χ2n) is 4.27. The van der Waals surface area contributed by atoms with Gasteiger partial charge in [0.1, 0.15) is 17.4 Å². The smallest absolute Gasteiger partial charge is 0.139 e. The van der Waals surface area contributed by atoms with Gasteiger partial charge in [0.25, 0.3) is 0 Å². The van der Waals surface area contributed by atoms with Crippen molar-refractivity contribution in [2.75, 3.05) is 6.54 Å². The van der Waals surface area contributed by atoms with Gasteiger partial charge in [-0.1, -0.05) is 34.5 Å². The first kappa shape index (κ1) is 15.8. The Morgan fingerprint density at radius 1 is 1.45 bits per heavy atom. The minimum Gasteiger partial charge on any atom is -0.486 e. The van der Waals surface area contributed by atoms with Gasteiger partial charge in [0, 0.05) is 16.4 Å². The van der Waals surface area contributed by atoms with E-state index in [2.05, 4.69) is 33.2 Å². The number of nitrogens with zero attached hydrogens (tertiary/aromatic N) is 1. The molecule has 2 rings (SSSR count). The van der Waals surface area contributed by atoms with Gasteiger partial charge in [-0.05, 0) is 31.2 Å². The molecule has 3 nitrogen and oxygen atoms in total. The van der Waals surface area contributed by atoms with E-state index in [0.29, 0.717) is 17.4 Å². The lowest BCUT2D eigenvalue weighted by molar-refractivity contribution is 0.302. The van der Waals surface area contributed by atoms with E-state index in [0.717, 1.165) is 34.7 Å². The fraction of sp³-hybridized carbons (Fsp3) is 0.357. The Bertz CT molecular complexity index is 562. The van der Waals surface area contributed by atoms with Crippen LogP contribution in [0.2, 0.25) is 5.02 Å². The molecule has 0 bridgehead atoms. The molecule has 0 amide bonds. The highest BCUT2D eigenvalue weighted by Gasteiger charge is 2.06. The summed E-state index contributed by atoms with van der Waals surface area (Å²) in [5, 5.41) is 7.04. The molecule has 0 radical (unpaired) electrons. The number of thiazole rings is 1. The topological polar surface area (TPSA) is 34.2 Å². The molecule has 1 aromatic carbocycles. The molecule has 2 aromatic rings. The Kier molecular flexibility index (Phi) is 6.29. The summed E-state index contributed by atoms with van der Waals surface area (Å²) >= 11 is 11.1. The number of rotatable bonds is 7. The highest BCUT2D eigenvalue weighted by molar-refractivity contribution is 9.10. The summed E-state index contributed by atoms with van der Waals surface area (Å²) in [5.74, 6) is 0.666. The first-order valence-electron chi connectivity index (χ1n) is 6.41. The Labute approximate surface area is 136 Å². The molecule has 20 heavy (non-hydrogen) atoms. The Morgan fingerprint density at radius 3 is 3.10 bits per heavy atom. The SMILES string of the molecule is CCCNCc1nc(COc2cc(Br)ccc2Cl)cs1. The first-order chi connectivity index (χ1) is 9.69. The average molecular weight is 376 g/mol. The zero-order chi connectivity index (χ0) is 14.4. The van der Waals surface area contributed by atoms with Crippen LogP contribution in [0.25, 0.3) is 0 Å². The molecule has 1 heterocycles. The lowest BCUT2D eigenvalue weighted by Crippen LogP contribution is -2.13. The van der Waals surface area contributed by atoms with Crippen molar-refractivity contribution in [1.29, 1.82) is 0 Å². The average Bonchev–Trinajstić information content (AvgIpc) is 2.88. The lowest BCUT2D eigenvalue weighted by Gasteiger charge is -2.06. The molecule has 0 aliphatic carbocycles. The van der Waals surface area contributed by atoms with Gasteiger partial charge in [-0.2, -0.15) is 0 Å². The van der Waals surface area contributed by atoms with Crippen LogP contribution < -0.4 is 10.1 Å². The van der Waals surface area contributed by atoms with Crippen LogP contribution in [0.15, 0.2) is 28.1 Å². The van der Waals surface area contributed by atoms with E-state index < -0.39 is 0 Å². The maximum atomic E-state index is 6.08. The summed E-state index contributed by atoms with van der Waals surface area (Å²) in [7, 11) is 0. The predicted molar refractivity (Wildman–Crippen MR) is 87.6 cm³/mol. The first-order valence-corrected chi connectivity index (χ1v) is 8.46. The van der Waals surface area contributed by atoms with Crippen LogP contribution in [0.5, 0.6) is 5.75 Å². The van der Waals surface area contributed by atoms with Crippen LogP contribution in [0.3, 0.4) is 0 Å². The minimum atomic E-state index is 0.431. The molecule has 0 saturated heterocycles. The molecule has 0 aliphatic rings. The molecule has 0 fully saturated rings.